The lowest BCUT2D eigenvalue weighted by Gasteiger charge is -2.11. The molecule has 0 bridgehead atoms. The molecule has 0 saturated heterocycles. The number of nitrogens with zero attached hydrogens (tertiary/aromatic N) is 3. The van der Waals surface area contributed by atoms with Gasteiger partial charge < -0.3 is 10.6 Å². The highest BCUT2D eigenvalue weighted by Gasteiger charge is 2.14. The molecule has 0 aliphatic heterocycles. The van der Waals surface area contributed by atoms with Gasteiger partial charge in [0.1, 0.15) is 5.82 Å². The lowest BCUT2D eigenvalue weighted by atomic mass is 10.1. The molecule has 2 N–H and O–H groups in total. The number of hydrogen-bond donors (Lipinski definition) is 2. The molecule has 0 unspecified atom stereocenters. The van der Waals surface area contributed by atoms with Crippen LogP contribution < -0.4 is 10.6 Å². The molecule has 0 aliphatic carbocycles. The number of anilines is 2. The molecule has 2 aromatic carbocycles. The van der Waals surface area contributed by atoms with Gasteiger partial charge in [-0.15, -0.1) is 10.2 Å². The Morgan fingerprint density at radius 1 is 0.966 bits per heavy atom. The number of amides is 2. The molecule has 3 aromatic rings. The second-order valence-corrected chi connectivity index (χ2v) is 7.75. The van der Waals surface area contributed by atoms with Crippen LogP contribution in [0, 0.1) is 20.8 Å². The number of aromatic nitrogens is 3. The van der Waals surface area contributed by atoms with Crippen molar-refractivity contribution in [3.05, 3.63) is 59.4 Å². The van der Waals surface area contributed by atoms with E-state index in [-0.39, 0.29) is 17.6 Å². The van der Waals surface area contributed by atoms with Gasteiger partial charge in [0.15, 0.2) is 5.16 Å². The van der Waals surface area contributed by atoms with E-state index >= 15 is 0 Å². The molecule has 1 heterocycles. The van der Waals surface area contributed by atoms with E-state index in [4.69, 9.17) is 0 Å². The largest absolute Gasteiger partial charge is 0.326 e. The van der Waals surface area contributed by atoms with E-state index in [1.165, 1.54) is 18.7 Å². The van der Waals surface area contributed by atoms with Crippen LogP contribution in [0.25, 0.3) is 5.69 Å². The first kappa shape index (κ1) is 20.6. The zero-order valence-electron chi connectivity index (χ0n) is 16.8. The predicted octanol–water partition coefficient (Wildman–Crippen LogP) is 3.88. The third-order valence-corrected chi connectivity index (χ3v) is 4.99. The van der Waals surface area contributed by atoms with Crippen molar-refractivity contribution in [3.8, 4) is 5.69 Å². The second kappa shape index (κ2) is 8.91. The van der Waals surface area contributed by atoms with Crippen LogP contribution in [0.2, 0.25) is 0 Å². The Hall–Kier alpha value is -3.13. The molecule has 1 aromatic heterocycles. The summed E-state index contributed by atoms with van der Waals surface area (Å²) >= 11 is 1.31. The van der Waals surface area contributed by atoms with Crippen molar-refractivity contribution in [2.75, 3.05) is 16.4 Å². The topological polar surface area (TPSA) is 88.9 Å². The summed E-state index contributed by atoms with van der Waals surface area (Å²) in [4.78, 5) is 23.7. The predicted molar refractivity (Wildman–Crippen MR) is 116 cm³/mol. The number of benzene rings is 2. The van der Waals surface area contributed by atoms with Crippen molar-refractivity contribution in [1.29, 1.82) is 0 Å². The Balaban J connectivity index is 1.73. The minimum atomic E-state index is -0.139. The molecule has 7 nitrogen and oxygen atoms in total. The number of carbonyl (C=O) groups excluding carboxylic acids is 2. The maximum absolute atomic E-state index is 12.4. The Bertz CT molecular complexity index is 1040. The molecule has 0 spiro atoms. The molecular weight excluding hydrogens is 386 g/mol. The SMILES string of the molecule is CC(=O)Nc1cccc(-n2c(C)nnc2SCC(=O)Nc2cc(C)cc(C)c2)c1. The van der Waals surface area contributed by atoms with Gasteiger partial charge in [-0.1, -0.05) is 23.9 Å². The maximum Gasteiger partial charge on any atom is 0.234 e. The molecule has 2 amide bonds. The van der Waals surface area contributed by atoms with Crippen LogP contribution in [0.4, 0.5) is 11.4 Å². The molecule has 8 heteroatoms. The van der Waals surface area contributed by atoms with E-state index in [2.05, 4.69) is 26.9 Å². The van der Waals surface area contributed by atoms with Gasteiger partial charge in [-0.25, -0.2) is 0 Å². The van der Waals surface area contributed by atoms with Crippen molar-refractivity contribution in [2.24, 2.45) is 0 Å². The molecule has 0 saturated carbocycles. The Labute approximate surface area is 173 Å². The highest BCUT2D eigenvalue weighted by atomic mass is 32.2. The number of rotatable bonds is 6. The van der Waals surface area contributed by atoms with Crippen molar-refractivity contribution in [3.63, 3.8) is 0 Å². The lowest BCUT2D eigenvalue weighted by molar-refractivity contribution is -0.114. The van der Waals surface area contributed by atoms with E-state index in [1.54, 1.807) is 0 Å². The average molecular weight is 410 g/mol. The van der Waals surface area contributed by atoms with Crippen LogP contribution in [-0.2, 0) is 9.59 Å². The summed E-state index contributed by atoms with van der Waals surface area (Å²) in [5.74, 6) is 0.651. The first-order valence-corrected chi connectivity index (χ1v) is 10.1. The standard InChI is InChI=1S/C21H23N5O2S/c1-13-8-14(2)10-18(9-13)23-20(28)12-29-21-25-24-15(3)26(21)19-7-5-6-17(11-19)22-16(4)27/h5-11H,12H2,1-4H3,(H,22,27)(H,23,28). The Morgan fingerprint density at radius 3 is 2.38 bits per heavy atom. The fraction of sp³-hybridized carbons (Fsp3) is 0.238. The highest BCUT2D eigenvalue weighted by Crippen LogP contribution is 2.24. The summed E-state index contributed by atoms with van der Waals surface area (Å²) in [6, 6.07) is 13.4. The average Bonchev–Trinajstić information content (AvgIpc) is 2.99. The molecule has 150 valence electrons. The quantitative estimate of drug-likeness (QED) is 0.603. The van der Waals surface area contributed by atoms with Gasteiger partial charge in [-0.05, 0) is 62.2 Å². The molecular formula is C21H23N5O2S. The lowest BCUT2D eigenvalue weighted by Crippen LogP contribution is -2.15. The van der Waals surface area contributed by atoms with Gasteiger partial charge in [0.25, 0.3) is 0 Å². The summed E-state index contributed by atoms with van der Waals surface area (Å²) in [5.41, 5.74) is 4.49. The maximum atomic E-state index is 12.4. The van der Waals surface area contributed by atoms with E-state index in [9.17, 15) is 9.59 Å². The Morgan fingerprint density at radius 2 is 1.69 bits per heavy atom. The van der Waals surface area contributed by atoms with Crippen LogP contribution in [0.15, 0.2) is 47.6 Å². The molecule has 0 fully saturated rings. The fourth-order valence-corrected chi connectivity index (χ4v) is 3.83. The van der Waals surface area contributed by atoms with Crippen LogP contribution in [0.1, 0.15) is 23.9 Å². The van der Waals surface area contributed by atoms with Gasteiger partial charge in [0.2, 0.25) is 11.8 Å². The number of thioether (sulfide) groups is 1. The van der Waals surface area contributed by atoms with Crippen molar-refractivity contribution in [1.82, 2.24) is 14.8 Å². The van der Waals surface area contributed by atoms with Crippen molar-refractivity contribution in [2.45, 2.75) is 32.9 Å². The molecule has 29 heavy (non-hydrogen) atoms. The van der Waals surface area contributed by atoms with Gasteiger partial charge in [-0.3, -0.25) is 14.2 Å². The van der Waals surface area contributed by atoms with Gasteiger partial charge >= 0.3 is 0 Å². The van der Waals surface area contributed by atoms with Gasteiger partial charge in [0, 0.05) is 18.3 Å². The van der Waals surface area contributed by atoms with Crippen LogP contribution in [0.3, 0.4) is 0 Å². The molecule has 0 atom stereocenters. The van der Waals surface area contributed by atoms with Gasteiger partial charge in [-0.2, -0.15) is 0 Å². The number of carbonyl (C=O) groups is 2. The van der Waals surface area contributed by atoms with E-state index in [0.717, 1.165) is 22.5 Å². The Kier molecular flexibility index (Phi) is 6.33. The minimum absolute atomic E-state index is 0.112. The number of nitrogens with one attached hydrogen (secondary N) is 2. The zero-order valence-corrected chi connectivity index (χ0v) is 17.6. The van der Waals surface area contributed by atoms with Crippen molar-refractivity contribution >= 4 is 35.0 Å². The fourth-order valence-electron chi connectivity index (χ4n) is 3.03. The minimum Gasteiger partial charge on any atom is -0.326 e. The summed E-state index contributed by atoms with van der Waals surface area (Å²) in [5, 5.41) is 14.6. The normalized spacial score (nSPS) is 10.6. The van der Waals surface area contributed by atoms with Gasteiger partial charge in [0.05, 0.1) is 11.4 Å². The zero-order chi connectivity index (χ0) is 21.0. The smallest absolute Gasteiger partial charge is 0.234 e. The van der Waals surface area contributed by atoms with Crippen molar-refractivity contribution < 1.29 is 9.59 Å². The van der Waals surface area contributed by atoms with E-state index < -0.39 is 0 Å². The van der Waals surface area contributed by atoms with E-state index in [1.807, 2.05) is 61.7 Å². The third-order valence-electron chi connectivity index (χ3n) is 4.06. The summed E-state index contributed by atoms with van der Waals surface area (Å²) < 4.78 is 1.86. The summed E-state index contributed by atoms with van der Waals surface area (Å²) in [6.07, 6.45) is 0. The molecule has 0 aliphatic rings. The van der Waals surface area contributed by atoms with Crippen LogP contribution >= 0.6 is 11.8 Å². The molecule has 3 rings (SSSR count). The van der Waals surface area contributed by atoms with E-state index in [0.29, 0.717) is 16.7 Å². The second-order valence-electron chi connectivity index (χ2n) is 6.81. The summed E-state index contributed by atoms with van der Waals surface area (Å²) in [7, 11) is 0. The van der Waals surface area contributed by atoms with Crippen LogP contribution in [-0.4, -0.2) is 32.3 Å². The first-order valence-electron chi connectivity index (χ1n) is 9.13. The number of hydrogen-bond acceptors (Lipinski definition) is 5. The molecule has 0 radical (unpaired) electrons. The van der Waals surface area contributed by atoms with Crippen LogP contribution in [0.5, 0.6) is 0 Å². The monoisotopic (exact) mass is 409 g/mol. The number of aryl methyl sites for hydroxylation is 3. The third kappa shape index (κ3) is 5.45. The highest BCUT2D eigenvalue weighted by molar-refractivity contribution is 7.99. The summed E-state index contributed by atoms with van der Waals surface area (Å²) in [6.45, 7) is 7.31. The first-order chi connectivity index (χ1) is 13.8.